The minimum absolute atomic E-state index is 0.0750. The fraction of sp³-hybridized carbons (Fsp3) is 0.235. The summed E-state index contributed by atoms with van der Waals surface area (Å²) in [6.07, 6.45) is 1.01. The molecule has 2 aromatic rings. The van der Waals surface area contributed by atoms with Crippen LogP contribution in [0.2, 0.25) is 0 Å². The van der Waals surface area contributed by atoms with Gasteiger partial charge in [0.15, 0.2) is 0 Å². The predicted octanol–water partition coefficient (Wildman–Crippen LogP) is 2.31. The number of anilines is 1. The van der Waals surface area contributed by atoms with Crippen molar-refractivity contribution in [2.24, 2.45) is 0 Å². The van der Waals surface area contributed by atoms with Crippen LogP contribution in [0.15, 0.2) is 42.5 Å². The number of carbonyl (C=O) groups is 1. The third-order valence-corrected chi connectivity index (χ3v) is 3.86. The van der Waals surface area contributed by atoms with Crippen molar-refractivity contribution >= 4 is 11.6 Å². The molecule has 2 N–H and O–H groups in total. The molecule has 0 unspecified atom stereocenters. The lowest BCUT2D eigenvalue weighted by Crippen LogP contribution is -2.28. The molecular weight excluding hydrogens is 264 g/mol. The Morgan fingerprint density at radius 3 is 2.86 bits per heavy atom. The van der Waals surface area contributed by atoms with Gasteiger partial charge >= 0.3 is 0 Å². The number of nitrogens with one attached hydrogen (secondary N) is 1. The Hall–Kier alpha value is -2.33. The highest BCUT2D eigenvalue weighted by molar-refractivity contribution is 6.06. The van der Waals surface area contributed by atoms with Gasteiger partial charge in [-0.3, -0.25) is 4.79 Å². The van der Waals surface area contributed by atoms with E-state index in [2.05, 4.69) is 5.32 Å². The molecule has 21 heavy (non-hydrogen) atoms. The van der Waals surface area contributed by atoms with E-state index in [1.807, 2.05) is 18.2 Å². The summed E-state index contributed by atoms with van der Waals surface area (Å²) in [5.41, 5.74) is 3.85. The quantitative estimate of drug-likeness (QED) is 0.888. The van der Waals surface area contributed by atoms with E-state index in [9.17, 15) is 9.90 Å². The van der Waals surface area contributed by atoms with E-state index < -0.39 is 0 Å². The van der Waals surface area contributed by atoms with Crippen LogP contribution >= 0.6 is 0 Å². The molecule has 0 aromatic heterocycles. The molecule has 0 fully saturated rings. The number of hydrogen-bond acceptors (Lipinski definition) is 3. The van der Waals surface area contributed by atoms with E-state index in [4.69, 9.17) is 0 Å². The summed E-state index contributed by atoms with van der Waals surface area (Å²) in [7, 11) is 1.72. The molecule has 0 saturated carbocycles. The highest BCUT2D eigenvalue weighted by Crippen LogP contribution is 2.22. The average molecular weight is 282 g/mol. The number of rotatable bonds is 2. The monoisotopic (exact) mass is 282 g/mol. The molecule has 0 radical (unpaired) electrons. The zero-order chi connectivity index (χ0) is 14.8. The van der Waals surface area contributed by atoms with Gasteiger partial charge in [0.1, 0.15) is 5.75 Å². The third kappa shape index (κ3) is 2.76. The number of amides is 1. The molecule has 4 heteroatoms. The number of hydrogen-bond donors (Lipinski definition) is 2. The second-order valence-electron chi connectivity index (χ2n) is 5.29. The van der Waals surface area contributed by atoms with Gasteiger partial charge in [0.2, 0.25) is 0 Å². The van der Waals surface area contributed by atoms with Crippen molar-refractivity contribution in [3.63, 3.8) is 0 Å². The SMILES string of the molecule is CN(C(=O)c1ccc2c(c1)CNCC2)c1cccc(O)c1. The molecule has 4 nitrogen and oxygen atoms in total. The molecule has 0 aliphatic carbocycles. The van der Waals surface area contributed by atoms with Crippen LogP contribution in [0.3, 0.4) is 0 Å². The first kappa shape index (κ1) is 13.6. The van der Waals surface area contributed by atoms with Crippen LogP contribution in [0, 0.1) is 0 Å². The molecule has 1 aliphatic rings. The Balaban J connectivity index is 1.88. The highest BCUT2D eigenvalue weighted by atomic mass is 16.3. The summed E-state index contributed by atoms with van der Waals surface area (Å²) >= 11 is 0. The van der Waals surface area contributed by atoms with Gasteiger partial charge < -0.3 is 15.3 Å². The molecule has 0 atom stereocenters. The van der Waals surface area contributed by atoms with Gasteiger partial charge in [0.25, 0.3) is 5.91 Å². The molecule has 2 aromatic carbocycles. The molecule has 108 valence electrons. The predicted molar refractivity (Wildman–Crippen MR) is 82.7 cm³/mol. The largest absolute Gasteiger partial charge is 0.508 e. The van der Waals surface area contributed by atoms with Crippen LogP contribution in [0.25, 0.3) is 0 Å². The maximum atomic E-state index is 12.6. The van der Waals surface area contributed by atoms with Crippen molar-refractivity contribution in [3.05, 3.63) is 59.2 Å². The van der Waals surface area contributed by atoms with Gasteiger partial charge in [0, 0.05) is 30.9 Å². The Labute approximate surface area is 124 Å². The first-order chi connectivity index (χ1) is 10.1. The Morgan fingerprint density at radius 1 is 1.19 bits per heavy atom. The summed E-state index contributed by atoms with van der Waals surface area (Å²) in [4.78, 5) is 14.1. The van der Waals surface area contributed by atoms with Crippen LogP contribution in [0.4, 0.5) is 5.69 Å². The van der Waals surface area contributed by atoms with Crippen LogP contribution in [0.1, 0.15) is 21.5 Å². The van der Waals surface area contributed by atoms with Gasteiger partial charge in [0.05, 0.1) is 0 Å². The van der Waals surface area contributed by atoms with Crippen molar-refractivity contribution in [3.8, 4) is 5.75 Å². The van der Waals surface area contributed by atoms with Crippen molar-refractivity contribution in [1.82, 2.24) is 5.32 Å². The summed E-state index contributed by atoms with van der Waals surface area (Å²) in [6, 6.07) is 12.6. The summed E-state index contributed by atoms with van der Waals surface area (Å²) in [6.45, 7) is 1.80. The van der Waals surface area contributed by atoms with Gasteiger partial charge in [-0.25, -0.2) is 0 Å². The van der Waals surface area contributed by atoms with Crippen LogP contribution in [-0.2, 0) is 13.0 Å². The number of nitrogens with zero attached hydrogens (tertiary/aromatic N) is 1. The first-order valence-corrected chi connectivity index (χ1v) is 7.05. The third-order valence-electron chi connectivity index (χ3n) is 3.86. The average Bonchev–Trinajstić information content (AvgIpc) is 2.53. The molecule has 1 aliphatic heterocycles. The van der Waals surface area contributed by atoms with Gasteiger partial charge in [-0.1, -0.05) is 12.1 Å². The number of benzene rings is 2. The fourth-order valence-electron chi connectivity index (χ4n) is 2.63. The van der Waals surface area contributed by atoms with Gasteiger partial charge in [-0.05, 0) is 48.4 Å². The smallest absolute Gasteiger partial charge is 0.258 e. The molecule has 0 saturated heterocycles. The van der Waals surface area contributed by atoms with E-state index in [1.54, 1.807) is 36.2 Å². The van der Waals surface area contributed by atoms with Gasteiger partial charge in [-0.2, -0.15) is 0 Å². The Bertz CT molecular complexity index is 682. The molecule has 1 heterocycles. The van der Waals surface area contributed by atoms with E-state index in [1.165, 1.54) is 11.1 Å². The van der Waals surface area contributed by atoms with E-state index in [-0.39, 0.29) is 11.7 Å². The van der Waals surface area contributed by atoms with Gasteiger partial charge in [-0.15, -0.1) is 0 Å². The van der Waals surface area contributed by atoms with Crippen molar-refractivity contribution in [2.45, 2.75) is 13.0 Å². The van der Waals surface area contributed by atoms with Crippen molar-refractivity contribution in [2.75, 3.05) is 18.5 Å². The lowest BCUT2D eigenvalue weighted by molar-refractivity contribution is 0.0993. The Morgan fingerprint density at radius 2 is 2.05 bits per heavy atom. The van der Waals surface area contributed by atoms with Crippen LogP contribution in [-0.4, -0.2) is 24.6 Å². The second-order valence-corrected chi connectivity index (χ2v) is 5.29. The summed E-state index contributed by atoms with van der Waals surface area (Å²) in [5.74, 6) is 0.0794. The van der Waals surface area contributed by atoms with E-state index in [0.29, 0.717) is 11.3 Å². The lowest BCUT2D eigenvalue weighted by Gasteiger charge is -2.21. The summed E-state index contributed by atoms with van der Waals surface area (Å²) in [5, 5.41) is 12.8. The van der Waals surface area contributed by atoms with E-state index >= 15 is 0 Å². The van der Waals surface area contributed by atoms with E-state index in [0.717, 1.165) is 19.5 Å². The zero-order valence-corrected chi connectivity index (χ0v) is 12.0. The lowest BCUT2D eigenvalue weighted by atomic mass is 9.98. The molecule has 3 rings (SSSR count). The number of phenolic OH excluding ortho intramolecular Hbond substituents is 1. The molecule has 1 amide bonds. The summed E-state index contributed by atoms with van der Waals surface area (Å²) < 4.78 is 0. The van der Waals surface area contributed by atoms with Crippen molar-refractivity contribution < 1.29 is 9.90 Å². The number of carbonyl (C=O) groups excluding carboxylic acids is 1. The number of aromatic hydroxyl groups is 1. The highest BCUT2D eigenvalue weighted by Gasteiger charge is 2.16. The van der Waals surface area contributed by atoms with Crippen LogP contribution in [0.5, 0.6) is 5.75 Å². The van der Waals surface area contributed by atoms with Crippen molar-refractivity contribution in [1.29, 1.82) is 0 Å². The number of phenols is 1. The topological polar surface area (TPSA) is 52.6 Å². The second kappa shape index (κ2) is 5.58. The zero-order valence-electron chi connectivity index (χ0n) is 12.0. The molecule has 0 bridgehead atoms. The Kier molecular flexibility index (Phi) is 3.62. The van der Waals surface area contributed by atoms with Crippen LogP contribution < -0.4 is 10.2 Å². The minimum atomic E-state index is -0.0750. The maximum absolute atomic E-state index is 12.6. The fourth-order valence-corrected chi connectivity index (χ4v) is 2.63. The molecular formula is C17H18N2O2. The minimum Gasteiger partial charge on any atom is -0.508 e. The standard InChI is InChI=1S/C17H18N2O2/c1-19(15-3-2-4-16(20)10-15)17(21)13-6-5-12-7-8-18-11-14(12)9-13/h2-6,9-10,18,20H,7-8,11H2,1H3. The first-order valence-electron chi connectivity index (χ1n) is 7.05. The normalized spacial score (nSPS) is 13.6. The number of fused-ring (bicyclic) bond motifs is 1. The maximum Gasteiger partial charge on any atom is 0.258 e. The molecule has 0 spiro atoms.